The zero-order chi connectivity index (χ0) is 12.1. The van der Waals surface area contributed by atoms with Gasteiger partial charge in [-0.1, -0.05) is 12.8 Å². The molecule has 2 rings (SSSR count). The highest BCUT2D eigenvalue weighted by Gasteiger charge is 2.25. The minimum atomic E-state index is -0.275. The van der Waals surface area contributed by atoms with Gasteiger partial charge in [-0.2, -0.15) is 0 Å². The maximum Gasteiger partial charge on any atom is 0.331 e. The molecule has 0 N–H and O–H groups in total. The molecule has 1 heterocycles. The Morgan fingerprint density at radius 3 is 2.41 bits per heavy atom. The number of hydrogen-bond acceptors (Lipinski definition) is 4. The van der Waals surface area contributed by atoms with Crippen LogP contribution in [0.2, 0.25) is 0 Å². The normalized spacial score (nSPS) is 23.5. The molecular weight excluding hydrogens is 216 g/mol. The second-order valence-corrected chi connectivity index (χ2v) is 4.85. The molecule has 2 aliphatic rings. The molecule has 1 aliphatic heterocycles. The highest BCUT2D eigenvalue weighted by Crippen LogP contribution is 2.24. The number of carbonyl (C=O) groups is 1. The summed E-state index contributed by atoms with van der Waals surface area (Å²) in [7, 11) is 1.41. The van der Waals surface area contributed by atoms with E-state index in [1.807, 2.05) is 6.20 Å². The summed E-state index contributed by atoms with van der Waals surface area (Å²) in [4.78, 5) is 15.8. The van der Waals surface area contributed by atoms with Crippen molar-refractivity contribution in [1.82, 2.24) is 9.80 Å². The van der Waals surface area contributed by atoms with Crippen LogP contribution < -0.4 is 0 Å². The third-order valence-electron chi connectivity index (χ3n) is 3.81. The van der Waals surface area contributed by atoms with Crippen molar-refractivity contribution < 1.29 is 9.53 Å². The molecule has 0 spiro atoms. The van der Waals surface area contributed by atoms with Gasteiger partial charge in [0, 0.05) is 44.5 Å². The van der Waals surface area contributed by atoms with Crippen molar-refractivity contribution in [3.05, 3.63) is 12.3 Å². The van der Waals surface area contributed by atoms with Gasteiger partial charge in [-0.05, 0) is 12.8 Å². The van der Waals surface area contributed by atoms with E-state index in [0.717, 1.165) is 32.2 Å². The van der Waals surface area contributed by atoms with Crippen LogP contribution in [0.3, 0.4) is 0 Å². The van der Waals surface area contributed by atoms with Crippen molar-refractivity contribution in [2.75, 3.05) is 33.3 Å². The summed E-state index contributed by atoms with van der Waals surface area (Å²) >= 11 is 0. The van der Waals surface area contributed by atoms with Crippen LogP contribution in [-0.2, 0) is 9.53 Å². The summed E-state index contributed by atoms with van der Waals surface area (Å²) in [5.41, 5.74) is 0. The number of methoxy groups -OCH3 is 1. The van der Waals surface area contributed by atoms with Crippen molar-refractivity contribution in [3.63, 3.8) is 0 Å². The first-order valence-electron chi connectivity index (χ1n) is 6.54. The van der Waals surface area contributed by atoms with Gasteiger partial charge in [0.2, 0.25) is 0 Å². The third-order valence-corrected chi connectivity index (χ3v) is 3.81. The lowest BCUT2D eigenvalue weighted by Crippen LogP contribution is -2.47. The summed E-state index contributed by atoms with van der Waals surface area (Å²) in [5, 5.41) is 0. The number of nitrogens with zero attached hydrogens (tertiary/aromatic N) is 2. The van der Waals surface area contributed by atoms with E-state index in [2.05, 4.69) is 14.5 Å². The van der Waals surface area contributed by atoms with Gasteiger partial charge in [-0.25, -0.2) is 4.79 Å². The lowest BCUT2D eigenvalue weighted by Gasteiger charge is -2.37. The van der Waals surface area contributed by atoms with Gasteiger partial charge in [0.15, 0.2) is 0 Å². The molecule has 0 aromatic carbocycles. The summed E-state index contributed by atoms with van der Waals surface area (Å²) < 4.78 is 4.58. The van der Waals surface area contributed by atoms with E-state index in [1.54, 1.807) is 0 Å². The zero-order valence-electron chi connectivity index (χ0n) is 10.6. The molecule has 0 aromatic heterocycles. The molecule has 96 valence electrons. The highest BCUT2D eigenvalue weighted by atomic mass is 16.5. The SMILES string of the molecule is COC(=O)C=CN1CCN(C2CCCC2)CC1. The number of esters is 1. The largest absolute Gasteiger partial charge is 0.466 e. The van der Waals surface area contributed by atoms with Gasteiger partial charge in [0.25, 0.3) is 0 Å². The minimum Gasteiger partial charge on any atom is -0.466 e. The van der Waals surface area contributed by atoms with Crippen molar-refractivity contribution >= 4 is 5.97 Å². The monoisotopic (exact) mass is 238 g/mol. The van der Waals surface area contributed by atoms with Crippen LogP contribution in [0, 0.1) is 0 Å². The maximum atomic E-state index is 11.0. The van der Waals surface area contributed by atoms with Crippen molar-refractivity contribution in [1.29, 1.82) is 0 Å². The quantitative estimate of drug-likeness (QED) is 0.547. The predicted octanol–water partition coefficient (Wildman–Crippen LogP) is 1.23. The topological polar surface area (TPSA) is 32.8 Å². The Hall–Kier alpha value is -1.03. The smallest absolute Gasteiger partial charge is 0.331 e. The fourth-order valence-corrected chi connectivity index (χ4v) is 2.76. The van der Waals surface area contributed by atoms with Gasteiger partial charge >= 0.3 is 5.97 Å². The van der Waals surface area contributed by atoms with Crippen molar-refractivity contribution in [2.45, 2.75) is 31.7 Å². The Kier molecular flexibility index (Phi) is 4.42. The summed E-state index contributed by atoms with van der Waals surface area (Å²) in [6.07, 6.45) is 8.90. The van der Waals surface area contributed by atoms with E-state index < -0.39 is 0 Å². The molecule has 1 saturated heterocycles. The Balaban J connectivity index is 1.73. The molecular formula is C13H22N2O2. The molecule has 0 amide bonds. The molecule has 4 nitrogen and oxygen atoms in total. The molecule has 1 saturated carbocycles. The first kappa shape index (κ1) is 12.4. The van der Waals surface area contributed by atoms with Crippen LogP contribution in [0.4, 0.5) is 0 Å². The number of hydrogen-bond donors (Lipinski definition) is 0. The van der Waals surface area contributed by atoms with Crippen molar-refractivity contribution in [2.24, 2.45) is 0 Å². The lowest BCUT2D eigenvalue weighted by atomic mass is 10.2. The standard InChI is InChI=1S/C13H22N2O2/c1-17-13(16)6-7-14-8-10-15(11-9-14)12-4-2-3-5-12/h6-7,12H,2-5,8-11H2,1H3. The van der Waals surface area contributed by atoms with Gasteiger partial charge in [-0.15, -0.1) is 0 Å². The average Bonchev–Trinajstić information content (AvgIpc) is 2.90. The van der Waals surface area contributed by atoms with Crippen LogP contribution in [0.15, 0.2) is 12.3 Å². The summed E-state index contributed by atoms with van der Waals surface area (Å²) in [6.45, 7) is 4.28. The van der Waals surface area contributed by atoms with Crippen LogP contribution >= 0.6 is 0 Å². The van der Waals surface area contributed by atoms with E-state index >= 15 is 0 Å². The van der Waals surface area contributed by atoms with Crippen molar-refractivity contribution in [3.8, 4) is 0 Å². The Morgan fingerprint density at radius 1 is 1.18 bits per heavy atom. The number of carbonyl (C=O) groups excluding carboxylic acids is 1. The van der Waals surface area contributed by atoms with Gasteiger partial charge in [0.05, 0.1) is 7.11 Å². The number of ether oxygens (including phenoxy) is 1. The number of rotatable bonds is 3. The first-order chi connectivity index (χ1) is 8.29. The summed E-state index contributed by atoms with van der Waals surface area (Å²) in [5.74, 6) is -0.275. The Morgan fingerprint density at radius 2 is 1.82 bits per heavy atom. The van der Waals surface area contributed by atoms with E-state index in [4.69, 9.17) is 0 Å². The first-order valence-corrected chi connectivity index (χ1v) is 6.54. The van der Waals surface area contributed by atoms with E-state index in [1.165, 1.54) is 38.9 Å². The molecule has 1 aliphatic carbocycles. The van der Waals surface area contributed by atoms with Gasteiger partial charge in [0.1, 0.15) is 0 Å². The highest BCUT2D eigenvalue weighted by molar-refractivity contribution is 5.81. The second kappa shape index (κ2) is 6.05. The lowest BCUT2D eigenvalue weighted by molar-refractivity contribution is -0.134. The minimum absolute atomic E-state index is 0.275. The maximum absolute atomic E-state index is 11.0. The van der Waals surface area contributed by atoms with Crippen LogP contribution in [0.1, 0.15) is 25.7 Å². The fraction of sp³-hybridized carbons (Fsp3) is 0.769. The van der Waals surface area contributed by atoms with Gasteiger partial charge in [-0.3, -0.25) is 4.90 Å². The molecule has 0 bridgehead atoms. The molecule has 0 unspecified atom stereocenters. The second-order valence-electron chi connectivity index (χ2n) is 4.85. The molecule has 0 aromatic rings. The van der Waals surface area contributed by atoms with E-state index in [-0.39, 0.29) is 5.97 Å². The number of piperazine rings is 1. The predicted molar refractivity (Wildman–Crippen MR) is 66.6 cm³/mol. The third kappa shape index (κ3) is 3.46. The van der Waals surface area contributed by atoms with Gasteiger partial charge < -0.3 is 9.64 Å². The molecule has 0 radical (unpaired) electrons. The van der Waals surface area contributed by atoms with E-state index in [9.17, 15) is 4.79 Å². The van der Waals surface area contributed by atoms with Crippen LogP contribution in [0.5, 0.6) is 0 Å². The molecule has 0 atom stereocenters. The summed E-state index contributed by atoms with van der Waals surface area (Å²) in [6, 6.07) is 0.821. The zero-order valence-corrected chi connectivity index (χ0v) is 10.6. The van der Waals surface area contributed by atoms with Crippen LogP contribution in [-0.4, -0.2) is 55.1 Å². The fourth-order valence-electron chi connectivity index (χ4n) is 2.76. The molecule has 17 heavy (non-hydrogen) atoms. The Bertz CT molecular complexity index is 277. The molecule has 4 heteroatoms. The average molecular weight is 238 g/mol. The van der Waals surface area contributed by atoms with E-state index in [0.29, 0.717) is 0 Å². The Labute approximate surface area is 103 Å². The van der Waals surface area contributed by atoms with Crippen LogP contribution in [0.25, 0.3) is 0 Å². The molecule has 2 fully saturated rings.